The average Bonchev–Trinajstić information content (AvgIpc) is 2.89. The molecule has 0 aromatic heterocycles. The zero-order valence-corrected chi connectivity index (χ0v) is 19.7. The summed E-state index contributed by atoms with van der Waals surface area (Å²) >= 11 is 0. The molecule has 0 nitrogen and oxygen atoms in total. The second-order valence-electron chi connectivity index (χ2n) is 8.60. The zero-order valence-electron chi connectivity index (χ0n) is 19.7. The van der Waals surface area contributed by atoms with Crippen LogP contribution in [0.25, 0.3) is 49.0 Å². The Labute approximate surface area is 196 Å². The van der Waals surface area contributed by atoms with Crippen LogP contribution >= 0.6 is 0 Å². The van der Waals surface area contributed by atoms with E-state index in [2.05, 4.69) is 116 Å². The Morgan fingerprint density at radius 2 is 1.09 bits per heavy atom. The van der Waals surface area contributed by atoms with Gasteiger partial charge in [0.2, 0.25) is 0 Å². The van der Waals surface area contributed by atoms with Gasteiger partial charge in [-0.05, 0) is 66.9 Å². The van der Waals surface area contributed by atoms with Gasteiger partial charge in [-0.1, -0.05) is 130 Å². The Bertz CT molecular complexity index is 1450. The molecule has 1 atom stereocenters. The van der Waals surface area contributed by atoms with Crippen LogP contribution in [-0.4, -0.2) is 0 Å². The summed E-state index contributed by atoms with van der Waals surface area (Å²) in [5.74, 6) is 0.608. The van der Waals surface area contributed by atoms with Crippen molar-refractivity contribution in [2.45, 2.75) is 27.2 Å². The highest BCUT2D eigenvalue weighted by Crippen LogP contribution is 2.44. The Hall–Kier alpha value is -3.64. The minimum Gasteiger partial charge on any atom is -0.0808 e. The highest BCUT2D eigenvalue weighted by Gasteiger charge is 2.18. The standard InChI is InChI=1S/C31H24.C2H6/c1-21-17-19-23(20-18-21)30-26-12-4-6-14-28(26)31(29-15-7-5-13-27(29)30)25-16-8-10-22-9-2-3-11-24(22)25;1-2/h2-17,19-21H,18H2,1H3;1-2H3. The van der Waals surface area contributed by atoms with Crippen LogP contribution in [0.2, 0.25) is 0 Å². The predicted molar refractivity (Wildman–Crippen MR) is 147 cm³/mol. The minimum atomic E-state index is 0.608. The topological polar surface area (TPSA) is 0 Å². The van der Waals surface area contributed by atoms with Crippen molar-refractivity contribution in [2.75, 3.05) is 0 Å². The Kier molecular flexibility index (Phi) is 5.84. The van der Waals surface area contributed by atoms with E-state index in [4.69, 9.17) is 0 Å². The summed E-state index contributed by atoms with van der Waals surface area (Å²) in [5, 5.41) is 7.88. The maximum atomic E-state index is 2.41. The van der Waals surface area contributed by atoms with E-state index >= 15 is 0 Å². The molecule has 0 saturated carbocycles. The number of fused-ring (bicyclic) bond motifs is 3. The summed E-state index contributed by atoms with van der Waals surface area (Å²) in [6.07, 6.45) is 8.17. The van der Waals surface area contributed by atoms with E-state index < -0.39 is 0 Å². The first-order valence-electron chi connectivity index (χ1n) is 12.1. The molecular formula is C33H30. The molecule has 0 amide bonds. The van der Waals surface area contributed by atoms with E-state index in [1.807, 2.05) is 13.8 Å². The molecule has 1 unspecified atom stereocenters. The third-order valence-electron chi connectivity index (χ3n) is 6.59. The van der Waals surface area contributed by atoms with E-state index in [0.29, 0.717) is 5.92 Å². The molecule has 0 heterocycles. The van der Waals surface area contributed by atoms with Crippen LogP contribution in [0.5, 0.6) is 0 Å². The lowest BCUT2D eigenvalue weighted by Crippen LogP contribution is -1.97. The van der Waals surface area contributed by atoms with Crippen LogP contribution in [0.3, 0.4) is 0 Å². The zero-order chi connectivity index (χ0) is 22.8. The fourth-order valence-electron chi connectivity index (χ4n) is 5.09. The molecule has 0 fully saturated rings. The normalized spacial score (nSPS) is 15.4. The first-order chi connectivity index (χ1) is 16.3. The summed E-state index contributed by atoms with van der Waals surface area (Å²) in [7, 11) is 0. The first kappa shape index (κ1) is 21.2. The van der Waals surface area contributed by atoms with Crippen molar-refractivity contribution < 1.29 is 0 Å². The highest BCUT2D eigenvalue weighted by molar-refractivity contribution is 6.21. The van der Waals surface area contributed by atoms with E-state index in [1.165, 1.54) is 54.6 Å². The van der Waals surface area contributed by atoms with Gasteiger partial charge in [-0.15, -0.1) is 0 Å². The molecule has 0 aliphatic heterocycles. The van der Waals surface area contributed by atoms with Crippen molar-refractivity contribution in [3.05, 3.63) is 115 Å². The van der Waals surface area contributed by atoms with Crippen LogP contribution in [0, 0.1) is 5.92 Å². The Morgan fingerprint density at radius 3 is 1.67 bits per heavy atom. The van der Waals surface area contributed by atoms with E-state index in [0.717, 1.165) is 6.42 Å². The maximum Gasteiger partial charge on any atom is -0.00201 e. The molecule has 5 aromatic carbocycles. The van der Waals surface area contributed by atoms with E-state index in [9.17, 15) is 0 Å². The fourth-order valence-corrected chi connectivity index (χ4v) is 5.09. The lowest BCUT2D eigenvalue weighted by Gasteiger charge is -2.20. The SMILES string of the molecule is CC.CC1C=CC(c2c3ccccc3c(-c3cccc4ccccc34)c3ccccc23)=CC1. The third-order valence-corrected chi connectivity index (χ3v) is 6.59. The van der Waals surface area contributed by atoms with Gasteiger partial charge in [0.15, 0.2) is 0 Å². The van der Waals surface area contributed by atoms with Gasteiger partial charge in [0, 0.05) is 0 Å². The van der Waals surface area contributed by atoms with Gasteiger partial charge in [0.1, 0.15) is 0 Å². The van der Waals surface area contributed by atoms with Crippen LogP contribution in [-0.2, 0) is 0 Å². The molecule has 0 N–H and O–H groups in total. The minimum absolute atomic E-state index is 0.608. The van der Waals surface area contributed by atoms with Gasteiger partial charge >= 0.3 is 0 Å². The van der Waals surface area contributed by atoms with Crippen molar-refractivity contribution in [1.82, 2.24) is 0 Å². The predicted octanol–water partition coefficient (Wildman–Crippen LogP) is 9.82. The number of rotatable bonds is 2. The summed E-state index contributed by atoms with van der Waals surface area (Å²) in [6, 6.07) is 33.2. The molecular weight excluding hydrogens is 396 g/mol. The molecule has 5 aromatic rings. The van der Waals surface area contributed by atoms with Crippen LogP contribution < -0.4 is 0 Å². The van der Waals surface area contributed by atoms with Gasteiger partial charge in [-0.25, -0.2) is 0 Å². The van der Waals surface area contributed by atoms with Crippen molar-refractivity contribution >= 4 is 37.9 Å². The van der Waals surface area contributed by atoms with E-state index in [-0.39, 0.29) is 0 Å². The van der Waals surface area contributed by atoms with Gasteiger partial charge in [-0.2, -0.15) is 0 Å². The molecule has 33 heavy (non-hydrogen) atoms. The summed E-state index contributed by atoms with van der Waals surface area (Å²) < 4.78 is 0. The second kappa shape index (κ2) is 9.08. The lowest BCUT2D eigenvalue weighted by atomic mass is 9.83. The summed E-state index contributed by atoms with van der Waals surface area (Å²) in [6.45, 7) is 6.28. The van der Waals surface area contributed by atoms with Crippen molar-refractivity contribution in [1.29, 1.82) is 0 Å². The van der Waals surface area contributed by atoms with Crippen LogP contribution in [0.1, 0.15) is 32.8 Å². The molecule has 1 aliphatic rings. The monoisotopic (exact) mass is 426 g/mol. The highest BCUT2D eigenvalue weighted by atomic mass is 14.2. The first-order valence-corrected chi connectivity index (χ1v) is 12.1. The van der Waals surface area contributed by atoms with Crippen LogP contribution in [0.4, 0.5) is 0 Å². The van der Waals surface area contributed by atoms with Gasteiger partial charge in [-0.3, -0.25) is 0 Å². The number of allylic oxidation sites excluding steroid dienone is 4. The van der Waals surface area contributed by atoms with Gasteiger partial charge in [0.05, 0.1) is 0 Å². The molecule has 0 spiro atoms. The lowest BCUT2D eigenvalue weighted by molar-refractivity contribution is 0.739. The summed E-state index contributed by atoms with van der Waals surface area (Å²) in [4.78, 5) is 0. The third kappa shape index (κ3) is 3.66. The van der Waals surface area contributed by atoms with Crippen molar-refractivity contribution in [2.24, 2.45) is 5.92 Å². The molecule has 0 heteroatoms. The number of hydrogen-bond donors (Lipinski definition) is 0. The van der Waals surface area contributed by atoms with E-state index in [1.54, 1.807) is 0 Å². The molecule has 0 radical (unpaired) electrons. The molecule has 1 aliphatic carbocycles. The smallest absolute Gasteiger partial charge is 0.00201 e. The molecule has 6 rings (SSSR count). The van der Waals surface area contributed by atoms with Crippen LogP contribution in [0.15, 0.2) is 109 Å². The second-order valence-corrected chi connectivity index (χ2v) is 8.60. The Balaban J connectivity index is 0.00000111. The van der Waals surface area contributed by atoms with Gasteiger partial charge < -0.3 is 0 Å². The number of hydrogen-bond acceptors (Lipinski definition) is 0. The Morgan fingerprint density at radius 1 is 0.576 bits per heavy atom. The molecule has 162 valence electrons. The average molecular weight is 427 g/mol. The fraction of sp³-hybridized carbons (Fsp3) is 0.152. The maximum absolute atomic E-state index is 2.41. The van der Waals surface area contributed by atoms with Gasteiger partial charge in [0.25, 0.3) is 0 Å². The molecule has 0 bridgehead atoms. The molecule has 0 saturated heterocycles. The van der Waals surface area contributed by atoms with Crippen molar-refractivity contribution in [3.8, 4) is 11.1 Å². The summed E-state index contributed by atoms with van der Waals surface area (Å²) in [5.41, 5.74) is 5.34. The number of benzene rings is 5. The van der Waals surface area contributed by atoms with Crippen molar-refractivity contribution in [3.63, 3.8) is 0 Å². The quantitative estimate of drug-likeness (QED) is 0.246. The largest absolute Gasteiger partial charge is 0.0808 e.